The monoisotopic (exact) mass is 207 g/mol. The average molecular weight is 207 g/mol. The van der Waals surface area contributed by atoms with Crippen LogP contribution in [0.4, 0.5) is 4.39 Å². The van der Waals surface area contributed by atoms with Crippen molar-refractivity contribution in [3.05, 3.63) is 35.1 Å². The van der Waals surface area contributed by atoms with Crippen LogP contribution in [0.5, 0.6) is 0 Å². The van der Waals surface area contributed by atoms with Crippen molar-refractivity contribution < 1.29 is 4.39 Å². The molecule has 0 spiro atoms. The molecular formula is C11H14FN3. The Labute approximate surface area is 88.9 Å². The third-order valence-corrected chi connectivity index (χ3v) is 2.13. The highest BCUT2D eigenvalue weighted by molar-refractivity contribution is 5.32. The van der Waals surface area contributed by atoms with Gasteiger partial charge in [-0.05, 0) is 19.2 Å². The normalized spacial score (nSPS) is 10.3. The molecule has 0 bridgehead atoms. The first kappa shape index (κ1) is 11.6. The number of nitrogens with two attached hydrogens (primary N) is 1. The molecule has 4 heteroatoms. The molecule has 1 aromatic rings. The molecule has 0 unspecified atom stereocenters. The van der Waals surface area contributed by atoms with E-state index in [4.69, 9.17) is 11.0 Å². The fourth-order valence-electron chi connectivity index (χ4n) is 1.34. The molecule has 0 aromatic heterocycles. The second-order valence-electron chi connectivity index (χ2n) is 3.44. The van der Waals surface area contributed by atoms with Gasteiger partial charge in [-0.2, -0.15) is 5.26 Å². The van der Waals surface area contributed by atoms with Crippen molar-refractivity contribution in [1.82, 2.24) is 4.90 Å². The number of benzene rings is 1. The summed E-state index contributed by atoms with van der Waals surface area (Å²) in [7, 11) is 1.88. The molecule has 0 heterocycles. The van der Waals surface area contributed by atoms with Crippen molar-refractivity contribution in [2.24, 2.45) is 5.73 Å². The van der Waals surface area contributed by atoms with Crippen LogP contribution in [0.2, 0.25) is 0 Å². The zero-order chi connectivity index (χ0) is 11.3. The minimum atomic E-state index is -0.335. The molecule has 1 aromatic carbocycles. The minimum Gasteiger partial charge on any atom is -0.329 e. The van der Waals surface area contributed by atoms with Crippen molar-refractivity contribution in [2.45, 2.75) is 6.54 Å². The summed E-state index contributed by atoms with van der Waals surface area (Å²) in [5.41, 5.74) is 6.32. The quantitative estimate of drug-likeness (QED) is 0.804. The molecule has 0 amide bonds. The van der Waals surface area contributed by atoms with E-state index in [-0.39, 0.29) is 5.82 Å². The zero-order valence-corrected chi connectivity index (χ0v) is 8.70. The fourth-order valence-corrected chi connectivity index (χ4v) is 1.34. The minimum absolute atomic E-state index is 0.335. The van der Waals surface area contributed by atoms with Gasteiger partial charge in [0.1, 0.15) is 5.82 Å². The molecular weight excluding hydrogens is 193 g/mol. The van der Waals surface area contributed by atoms with Crippen molar-refractivity contribution in [2.75, 3.05) is 20.1 Å². The van der Waals surface area contributed by atoms with Gasteiger partial charge in [0.2, 0.25) is 0 Å². The Balaban J connectivity index is 2.74. The highest BCUT2D eigenvalue weighted by Gasteiger charge is 2.05. The molecule has 0 fully saturated rings. The van der Waals surface area contributed by atoms with E-state index < -0.39 is 0 Å². The molecule has 0 saturated carbocycles. The van der Waals surface area contributed by atoms with E-state index in [1.54, 1.807) is 12.1 Å². The van der Waals surface area contributed by atoms with Crippen molar-refractivity contribution in [3.63, 3.8) is 0 Å². The first-order valence-electron chi connectivity index (χ1n) is 4.74. The Morgan fingerprint density at radius 2 is 2.27 bits per heavy atom. The standard InChI is InChI=1S/C11H14FN3/c1-15(5-4-13)8-10-3-2-9(7-14)6-11(10)12/h2-3,6H,4-5,8,13H2,1H3. The van der Waals surface area contributed by atoms with Gasteiger partial charge in [0.15, 0.2) is 0 Å². The largest absolute Gasteiger partial charge is 0.329 e. The van der Waals surface area contributed by atoms with Crippen LogP contribution in [-0.2, 0) is 6.54 Å². The maximum atomic E-state index is 13.4. The summed E-state index contributed by atoms with van der Waals surface area (Å²) in [4.78, 5) is 1.93. The van der Waals surface area contributed by atoms with E-state index in [0.29, 0.717) is 24.2 Å². The summed E-state index contributed by atoms with van der Waals surface area (Å²) in [5, 5.41) is 8.58. The second kappa shape index (κ2) is 5.44. The third-order valence-electron chi connectivity index (χ3n) is 2.13. The van der Waals surface area contributed by atoms with Gasteiger partial charge in [-0.25, -0.2) is 4.39 Å². The van der Waals surface area contributed by atoms with Crippen LogP contribution in [-0.4, -0.2) is 25.0 Å². The van der Waals surface area contributed by atoms with Crippen LogP contribution in [0.15, 0.2) is 18.2 Å². The topological polar surface area (TPSA) is 53.0 Å². The van der Waals surface area contributed by atoms with Crippen LogP contribution >= 0.6 is 0 Å². The van der Waals surface area contributed by atoms with Crippen molar-refractivity contribution in [3.8, 4) is 6.07 Å². The maximum Gasteiger partial charge on any atom is 0.129 e. The van der Waals surface area contributed by atoms with E-state index in [0.717, 1.165) is 6.54 Å². The number of nitrogens with zero attached hydrogens (tertiary/aromatic N) is 2. The van der Waals surface area contributed by atoms with Gasteiger partial charge in [-0.1, -0.05) is 6.07 Å². The van der Waals surface area contributed by atoms with E-state index >= 15 is 0 Å². The molecule has 0 aliphatic heterocycles. The highest BCUT2D eigenvalue weighted by atomic mass is 19.1. The summed E-state index contributed by atoms with van der Waals surface area (Å²) in [6.07, 6.45) is 0. The molecule has 0 radical (unpaired) electrons. The van der Waals surface area contributed by atoms with Gasteiger partial charge in [0.05, 0.1) is 11.6 Å². The van der Waals surface area contributed by atoms with Gasteiger partial charge in [0, 0.05) is 25.2 Å². The lowest BCUT2D eigenvalue weighted by molar-refractivity contribution is 0.330. The van der Waals surface area contributed by atoms with Gasteiger partial charge >= 0.3 is 0 Å². The van der Waals surface area contributed by atoms with Crippen LogP contribution < -0.4 is 5.73 Å². The number of rotatable bonds is 4. The lowest BCUT2D eigenvalue weighted by Crippen LogP contribution is -2.25. The average Bonchev–Trinajstić information content (AvgIpc) is 2.21. The lowest BCUT2D eigenvalue weighted by Gasteiger charge is -2.15. The molecule has 2 N–H and O–H groups in total. The Bertz CT molecular complexity index is 371. The molecule has 0 aliphatic rings. The molecule has 15 heavy (non-hydrogen) atoms. The van der Waals surface area contributed by atoms with Gasteiger partial charge < -0.3 is 10.6 Å². The third kappa shape index (κ3) is 3.31. The molecule has 0 aliphatic carbocycles. The number of hydrogen-bond acceptors (Lipinski definition) is 3. The summed E-state index contributed by atoms with van der Waals surface area (Å²) in [5.74, 6) is -0.335. The molecule has 0 atom stereocenters. The Kier molecular flexibility index (Phi) is 4.22. The number of halogens is 1. The molecule has 3 nitrogen and oxygen atoms in total. The van der Waals surface area contributed by atoms with Crippen LogP contribution in [0.1, 0.15) is 11.1 Å². The fraction of sp³-hybridized carbons (Fsp3) is 0.364. The zero-order valence-electron chi connectivity index (χ0n) is 8.70. The van der Waals surface area contributed by atoms with Crippen LogP contribution in [0.3, 0.4) is 0 Å². The smallest absolute Gasteiger partial charge is 0.129 e. The van der Waals surface area contributed by atoms with Crippen LogP contribution in [0, 0.1) is 17.1 Å². The summed E-state index contributed by atoms with van der Waals surface area (Å²) < 4.78 is 13.4. The number of nitriles is 1. The molecule has 80 valence electrons. The van der Waals surface area contributed by atoms with Crippen molar-refractivity contribution in [1.29, 1.82) is 5.26 Å². The van der Waals surface area contributed by atoms with E-state index in [1.807, 2.05) is 18.0 Å². The summed E-state index contributed by atoms with van der Waals surface area (Å²) in [6.45, 7) is 1.78. The number of likely N-dealkylation sites (N-methyl/N-ethyl adjacent to an activating group) is 1. The lowest BCUT2D eigenvalue weighted by atomic mass is 10.1. The Morgan fingerprint density at radius 3 is 2.80 bits per heavy atom. The SMILES string of the molecule is CN(CCN)Cc1ccc(C#N)cc1F. The van der Waals surface area contributed by atoms with E-state index in [1.165, 1.54) is 6.07 Å². The van der Waals surface area contributed by atoms with Crippen LogP contribution in [0.25, 0.3) is 0 Å². The summed E-state index contributed by atoms with van der Waals surface area (Å²) in [6, 6.07) is 6.41. The number of hydrogen-bond donors (Lipinski definition) is 1. The predicted octanol–water partition coefficient (Wildman–Crippen LogP) is 1.09. The van der Waals surface area contributed by atoms with E-state index in [9.17, 15) is 4.39 Å². The second-order valence-corrected chi connectivity index (χ2v) is 3.44. The van der Waals surface area contributed by atoms with Gasteiger partial charge in [0.25, 0.3) is 0 Å². The van der Waals surface area contributed by atoms with E-state index in [2.05, 4.69) is 0 Å². The highest BCUT2D eigenvalue weighted by Crippen LogP contribution is 2.11. The Hall–Kier alpha value is -1.44. The molecule has 1 rings (SSSR count). The Morgan fingerprint density at radius 1 is 1.53 bits per heavy atom. The first-order valence-corrected chi connectivity index (χ1v) is 4.74. The maximum absolute atomic E-state index is 13.4. The summed E-state index contributed by atoms with van der Waals surface area (Å²) >= 11 is 0. The first-order chi connectivity index (χ1) is 7.17. The molecule has 0 saturated heterocycles. The van der Waals surface area contributed by atoms with Gasteiger partial charge in [-0.3, -0.25) is 0 Å². The van der Waals surface area contributed by atoms with Gasteiger partial charge in [-0.15, -0.1) is 0 Å². The van der Waals surface area contributed by atoms with Crippen molar-refractivity contribution >= 4 is 0 Å². The predicted molar refractivity (Wildman–Crippen MR) is 56.5 cm³/mol.